The molecule has 1 amide bonds. The van der Waals surface area contributed by atoms with E-state index in [1.54, 1.807) is 12.3 Å². The van der Waals surface area contributed by atoms with E-state index >= 15 is 0 Å². The predicted molar refractivity (Wildman–Crippen MR) is 74.7 cm³/mol. The number of rotatable bonds is 3. The minimum Gasteiger partial charge on any atom is -0.477 e. The zero-order valence-electron chi connectivity index (χ0n) is 12.0. The van der Waals surface area contributed by atoms with E-state index in [1.165, 1.54) is 10.6 Å². The average molecular weight is 279 g/mol. The number of likely N-dealkylation sites (N-methyl/N-ethyl adjacent to an activating group) is 1. The molecule has 1 aliphatic rings. The van der Waals surface area contributed by atoms with E-state index in [4.69, 9.17) is 5.11 Å². The maximum atomic E-state index is 12.4. The van der Waals surface area contributed by atoms with Crippen LogP contribution in [-0.4, -0.2) is 64.1 Å². The third kappa shape index (κ3) is 3.19. The van der Waals surface area contributed by atoms with Crippen LogP contribution in [-0.2, 0) is 11.3 Å². The van der Waals surface area contributed by atoms with Crippen molar-refractivity contribution in [1.29, 1.82) is 0 Å². The molecule has 0 spiro atoms. The molecule has 1 aromatic rings. The molecule has 1 fully saturated rings. The molecule has 1 aromatic heterocycles. The molecule has 2 rings (SSSR count). The number of carbonyl (C=O) groups is 2. The summed E-state index contributed by atoms with van der Waals surface area (Å²) in [6, 6.07) is 3.31. The van der Waals surface area contributed by atoms with Crippen molar-refractivity contribution < 1.29 is 14.7 Å². The van der Waals surface area contributed by atoms with Gasteiger partial charge >= 0.3 is 5.97 Å². The summed E-state index contributed by atoms with van der Waals surface area (Å²) in [5, 5.41) is 9.06. The number of carboxylic acids is 1. The summed E-state index contributed by atoms with van der Waals surface area (Å²) in [5.74, 6) is -1.03. The number of aromatic nitrogens is 1. The molecule has 1 atom stereocenters. The van der Waals surface area contributed by atoms with Crippen LogP contribution in [0.1, 0.15) is 23.8 Å². The van der Waals surface area contributed by atoms with Gasteiger partial charge in [0.25, 0.3) is 0 Å². The lowest BCUT2D eigenvalue weighted by atomic mass is 10.2. The summed E-state index contributed by atoms with van der Waals surface area (Å²) < 4.78 is 1.49. The molecular formula is C14H21N3O3. The molecule has 0 saturated carbocycles. The second-order valence-corrected chi connectivity index (χ2v) is 5.38. The second-order valence-electron chi connectivity index (χ2n) is 5.38. The first-order chi connectivity index (χ1) is 9.49. The zero-order valence-corrected chi connectivity index (χ0v) is 12.0. The van der Waals surface area contributed by atoms with Gasteiger partial charge in [-0.1, -0.05) is 0 Å². The Morgan fingerprint density at radius 2 is 2.15 bits per heavy atom. The van der Waals surface area contributed by atoms with Crippen molar-refractivity contribution in [1.82, 2.24) is 14.4 Å². The Hall–Kier alpha value is -1.82. The first-order valence-electron chi connectivity index (χ1n) is 6.85. The molecule has 1 N–H and O–H groups in total. The average Bonchev–Trinajstić information content (AvgIpc) is 2.75. The quantitative estimate of drug-likeness (QED) is 0.886. The SMILES string of the molecule is CC1CN(C)CCCN1C(=O)Cn1cccc1C(=O)O. The van der Waals surface area contributed by atoms with E-state index in [-0.39, 0.29) is 24.2 Å². The molecule has 0 aliphatic carbocycles. The maximum absolute atomic E-state index is 12.4. The summed E-state index contributed by atoms with van der Waals surface area (Å²) in [6.07, 6.45) is 2.58. The van der Waals surface area contributed by atoms with Crippen molar-refractivity contribution in [2.45, 2.75) is 25.9 Å². The minimum atomic E-state index is -1.01. The van der Waals surface area contributed by atoms with Crippen molar-refractivity contribution in [2.24, 2.45) is 0 Å². The van der Waals surface area contributed by atoms with Crippen LogP contribution < -0.4 is 0 Å². The van der Waals surface area contributed by atoms with Gasteiger partial charge in [0.2, 0.25) is 5.91 Å². The molecule has 0 aromatic carbocycles. The van der Waals surface area contributed by atoms with Crippen molar-refractivity contribution >= 4 is 11.9 Å². The van der Waals surface area contributed by atoms with E-state index < -0.39 is 5.97 Å². The summed E-state index contributed by atoms with van der Waals surface area (Å²) in [4.78, 5) is 27.5. The number of hydrogen-bond acceptors (Lipinski definition) is 3. The van der Waals surface area contributed by atoms with E-state index in [0.29, 0.717) is 0 Å². The van der Waals surface area contributed by atoms with Gasteiger partial charge in [-0.25, -0.2) is 4.79 Å². The molecule has 20 heavy (non-hydrogen) atoms. The van der Waals surface area contributed by atoms with Crippen LogP contribution in [0.5, 0.6) is 0 Å². The van der Waals surface area contributed by atoms with Gasteiger partial charge in [0, 0.05) is 25.3 Å². The Bertz CT molecular complexity index is 498. The molecule has 1 saturated heterocycles. The second kappa shape index (κ2) is 6.09. The Morgan fingerprint density at radius 1 is 1.40 bits per heavy atom. The van der Waals surface area contributed by atoms with Crippen molar-refractivity contribution in [3.05, 3.63) is 24.0 Å². The van der Waals surface area contributed by atoms with Gasteiger partial charge in [-0.2, -0.15) is 0 Å². The number of carbonyl (C=O) groups excluding carboxylic acids is 1. The van der Waals surface area contributed by atoms with Crippen LogP contribution in [0.25, 0.3) is 0 Å². The van der Waals surface area contributed by atoms with Gasteiger partial charge in [-0.3, -0.25) is 4.79 Å². The minimum absolute atomic E-state index is 0.0218. The highest BCUT2D eigenvalue weighted by Gasteiger charge is 2.24. The van der Waals surface area contributed by atoms with Crippen molar-refractivity contribution in [2.75, 3.05) is 26.7 Å². The lowest BCUT2D eigenvalue weighted by Gasteiger charge is -2.28. The standard InChI is InChI=1S/C14H21N3O3/c1-11-9-15(2)6-4-8-17(11)13(18)10-16-7-3-5-12(16)14(19)20/h3,5,7,11H,4,6,8-10H2,1-2H3,(H,19,20). The van der Waals surface area contributed by atoms with Gasteiger partial charge in [0.1, 0.15) is 12.2 Å². The Morgan fingerprint density at radius 3 is 2.85 bits per heavy atom. The maximum Gasteiger partial charge on any atom is 0.352 e. The lowest BCUT2D eigenvalue weighted by Crippen LogP contribution is -2.43. The van der Waals surface area contributed by atoms with Crippen LogP contribution in [0.15, 0.2) is 18.3 Å². The van der Waals surface area contributed by atoms with Gasteiger partial charge in [0.05, 0.1) is 0 Å². The van der Waals surface area contributed by atoms with Crippen LogP contribution in [0.3, 0.4) is 0 Å². The smallest absolute Gasteiger partial charge is 0.352 e. The number of aromatic carboxylic acids is 1. The third-order valence-electron chi connectivity index (χ3n) is 3.72. The van der Waals surface area contributed by atoms with Gasteiger partial charge in [-0.05, 0) is 39.1 Å². The third-order valence-corrected chi connectivity index (χ3v) is 3.72. The van der Waals surface area contributed by atoms with Crippen LogP contribution in [0, 0.1) is 0 Å². The molecule has 0 bridgehead atoms. The fraction of sp³-hybridized carbons (Fsp3) is 0.571. The first kappa shape index (κ1) is 14.6. The van der Waals surface area contributed by atoms with Gasteiger partial charge in [-0.15, -0.1) is 0 Å². The molecule has 0 radical (unpaired) electrons. The number of amides is 1. The van der Waals surface area contributed by atoms with Gasteiger partial charge < -0.3 is 19.5 Å². The van der Waals surface area contributed by atoms with Crippen LogP contribution in [0.4, 0.5) is 0 Å². The van der Waals surface area contributed by atoms with Crippen molar-refractivity contribution in [3.63, 3.8) is 0 Å². The summed E-state index contributed by atoms with van der Waals surface area (Å²) in [7, 11) is 2.05. The fourth-order valence-corrected chi connectivity index (χ4v) is 2.73. The zero-order chi connectivity index (χ0) is 14.7. The fourth-order valence-electron chi connectivity index (χ4n) is 2.73. The Kier molecular flexibility index (Phi) is 4.44. The van der Waals surface area contributed by atoms with Crippen molar-refractivity contribution in [3.8, 4) is 0 Å². The molecule has 2 heterocycles. The Labute approximate surface area is 118 Å². The predicted octanol–water partition coefficient (Wildman–Crippen LogP) is 0.739. The summed E-state index contributed by atoms with van der Waals surface area (Å²) in [5.41, 5.74) is 0.151. The summed E-state index contributed by atoms with van der Waals surface area (Å²) >= 11 is 0. The van der Waals surface area contributed by atoms with E-state index in [2.05, 4.69) is 11.9 Å². The largest absolute Gasteiger partial charge is 0.477 e. The van der Waals surface area contributed by atoms with E-state index in [9.17, 15) is 9.59 Å². The Balaban J connectivity index is 2.07. The summed E-state index contributed by atoms with van der Waals surface area (Å²) in [6.45, 7) is 4.69. The van der Waals surface area contributed by atoms with E-state index in [0.717, 1.165) is 26.1 Å². The molecule has 1 unspecified atom stereocenters. The van der Waals surface area contributed by atoms with Crippen LogP contribution in [0.2, 0.25) is 0 Å². The normalized spacial score (nSPS) is 20.7. The number of nitrogens with zero attached hydrogens (tertiary/aromatic N) is 3. The first-order valence-corrected chi connectivity index (χ1v) is 6.85. The van der Waals surface area contributed by atoms with E-state index in [1.807, 2.05) is 11.8 Å². The topological polar surface area (TPSA) is 65.8 Å². The molecule has 110 valence electrons. The molecule has 6 nitrogen and oxygen atoms in total. The van der Waals surface area contributed by atoms with Gasteiger partial charge in [0.15, 0.2) is 0 Å². The molecule has 6 heteroatoms. The number of hydrogen-bond donors (Lipinski definition) is 1. The monoisotopic (exact) mass is 279 g/mol. The lowest BCUT2D eigenvalue weighted by molar-refractivity contribution is -0.133. The molecular weight excluding hydrogens is 258 g/mol. The number of carboxylic acid groups (broad SMARTS) is 1. The molecule has 1 aliphatic heterocycles. The highest BCUT2D eigenvalue weighted by Crippen LogP contribution is 2.11. The highest BCUT2D eigenvalue weighted by molar-refractivity contribution is 5.87. The van der Waals surface area contributed by atoms with Crippen LogP contribution >= 0.6 is 0 Å². The highest BCUT2D eigenvalue weighted by atomic mass is 16.4.